The van der Waals surface area contributed by atoms with E-state index >= 15 is 17.6 Å². The number of allylic oxidation sites excluding steroid dienone is 4. The number of carbonyl (C=O) groups excluding carboxylic acids is 1. The van der Waals surface area contributed by atoms with Crippen molar-refractivity contribution in [2.45, 2.75) is 68.2 Å². The fourth-order valence-corrected chi connectivity index (χ4v) is 7.81. The molecule has 2 N–H and O–H groups in total. The molecule has 0 saturated heterocycles. The number of H-pyrrole nitrogens is 1. The number of aldehydes is 1. The monoisotopic (exact) mass is 736 g/mol. The number of nitrogens with zero attached hydrogens (tertiary/aromatic N) is 5. The van der Waals surface area contributed by atoms with Crippen molar-refractivity contribution >= 4 is 29.0 Å². The first kappa shape index (κ1) is 37.1. The molecule has 7 rings (SSSR count). The van der Waals surface area contributed by atoms with Gasteiger partial charge in [-0.1, -0.05) is 43.0 Å². The molecule has 0 amide bonds. The molecule has 1 aliphatic carbocycles. The normalized spacial score (nSPS) is 20.8. The molecule has 4 heterocycles. The molecule has 3 aromatic heterocycles. The first-order valence-electron chi connectivity index (χ1n) is 16.9. The number of nitrogens with one attached hydrogen (secondary N) is 1. The number of hydrogen-bond donors (Lipinski definition) is 2. The molecule has 0 spiro atoms. The van der Waals surface area contributed by atoms with Crippen LogP contribution in [0.25, 0.3) is 10.9 Å². The van der Waals surface area contributed by atoms with Gasteiger partial charge in [0.2, 0.25) is 5.88 Å². The second-order valence-corrected chi connectivity index (χ2v) is 14.5. The zero-order chi connectivity index (χ0) is 37.2. The number of rotatable bonds is 4. The highest BCUT2D eigenvalue weighted by atomic mass is 32.2. The van der Waals surface area contributed by atoms with Crippen molar-refractivity contribution in [2.75, 3.05) is 13.7 Å². The quantitative estimate of drug-likeness (QED) is 0.143. The van der Waals surface area contributed by atoms with E-state index in [0.29, 0.717) is 33.8 Å². The molecule has 0 saturated carbocycles. The molecule has 3 unspecified atom stereocenters. The summed E-state index contributed by atoms with van der Waals surface area (Å²) in [5.41, 5.74) is 1.70. The van der Waals surface area contributed by atoms with Crippen LogP contribution < -0.4 is 4.74 Å². The van der Waals surface area contributed by atoms with E-state index in [-0.39, 0.29) is 37.0 Å². The molecule has 9 nitrogen and oxygen atoms in total. The molecule has 0 fully saturated rings. The minimum atomic E-state index is -3.25. The minimum Gasteiger partial charge on any atom is -0.470 e. The minimum absolute atomic E-state index is 0.0211. The number of aliphatic hydroxyl groups excluding tert-OH is 1. The molecule has 2 aromatic carbocycles. The van der Waals surface area contributed by atoms with Crippen molar-refractivity contribution in [1.29, 1.82) is 0 Å². The van der Waals surface area contributed by atoms with Gasteiger partial charge < -0.3 is 19.6 Å². The van der Waals surface area contributed by atoms with E-state index in [1.54, 1.807) is 25.5 Å². The molecular weight excluding hydrogens is 697 g/mol. The van der Waals surface area contributed by atoms with Gasteiger partial charge in [-0.25, -0.2) is 22.5 Å². The van der Waals surface area contributed by atoms with Crippen LogP contribution in [0.1, 0.15) is 67.4 Å². The summed E-state index contributed by atoms with van der Waals surface area (Å²) in [4.78, 5) is 20.4. The summed E-state index contributed by atoms with van der Waals surface area (Å²) in [7, 11) is 2.66. The number of aromatic amines is 1. The van der Waals surface area contributed by atoms with Crippen LogP contribution in [0.3, 0.4) is 0 Å². The van der Waals surface area contributed by atoms with Crippen LogP contribution in [0.15, 0.2) is 82.6 Å². The van der Waals surface area contributed by atoms with Crippen molar-refractivity contribution < 1.29 is 32.2 Å². The lowest BCUT2D eigenvalue weighted by atomic mass is 9.76. The number of ether oxygens (including phenoxy) is 1. The van der Waals surface area contributed by atoms with Gasteiger partial charge in [-0.05, 0) is 72.1 Å². The summed E-state index contributed by atoms with van der Waals surface area (Å²) in [6.45, 7) is 2.86. The standard InChI is InChI=1S/C37H36F4N6O2S.CH4O/c1-22(20-48)15-23-5-4-6-24(16-23)36(2)11-12-37(40,41)21-49-32-10-14-47(44-32)19-28-26-9-13-42-31(26)18-30(39)33(28)50-25-7-8-29(38)27(17-25)34-43-35(36)45-46(34)3;1-2/h4-10,13-14,16,18,20,22,27,42H,11-12,15,17,19,21H2,1-3H3;2H,1H3. The van der Waals surface area contributed by atoms with Crippen LogP contribution in [0.2, 0.25) is 0 Å². The van der Waals surface area contributed by atoms with Crippen LogP contribution in [-0.4, -0.2) is 60.6 Å². The van der Waals surface area contributed by atoms with Gasteiger partial charge in [-0.15, -0.1) is 5.10 Å². The first-order valence-corrected chi connectivity index (χ1v) is 17.7. The molecular formula is C38H40F4N6O3S. The van der Waals surface area contributed by atoms with Crippen LogP contribution in [-0.2, 0) is 30.2 Å². The van der Waals surface area contributed by atoms with Crippen molar-refractivity contribution in [1.82, 2.24) is 29.5 Å². The van der Waals surface area contributed by atoms with E-state index in [0.717, 1.165) is 29.3 Å². The SMILES string of the molecule is CC(C=O)Cc1cccc(C2(C)CCC(F)(F)COc3ccn(n3)Cc3c(c(F)cc4[nH]ccc34)SC3=CC=C(F)C(C3)c3nc2nn3C)c1.CO. The number of halogens is 4. The highest BCUT2D eigenvalue weighted by Crippen LogP contribution is 2.45. The summed E-state index contributed by atoms with van der Waals surface area (Å²) >= 11 is 1.22. The third kappa shape index (κ3) is 7.58. The van der Waals surface area contributed by atoms with Crippen molar-refractivity contribution in [3.8, 4) is 5.88 Å². The van der Waals surface area contributed by atoms with Gasteiger partial charge in [0.25, 0.3) is 5.92 Å². The second-order valence-electron chi connectivity index (χ2n) is 13.4. The summed E-state index contributed by atoms with van der Waals surface area (Å²) in [5, 5.41) is 16.9. The van der Waals surface area contributed by atoms with E-state index in [2.05, 4.69) is 10.1 Å². The largest absolute Gasteiger partial charge is 0.470 e. The van der Waals surface area contributed by atoms with Gasteiger partial charge in [0.05, 0.1) is 22.8 Å². The van der Waals surface area contributed by atoms with E-state index in [4.69, 9.17) is 19.9 Å². The first-order chi connectivity index (χ1) is 24.9. The van der Waals surface area contributed by atoms with Crippen molar-refractivity contribution in [2.24, 2.45) is 13.0 Å². The molecule has 5 aromatic rings. The average Bonchev–Trinajstić information content (AvgIpc) is 3.89. The van der Waals surface area contributed by atoms with Crippen molar-refractivity contribution in [3.05, 3.63) is 112 Å². The van der Waals surface area contributed by atoms with Crippen LogP contribution in [0.5, 0.6) is 5.88 Å². The van der Waals surface area contributed by atoms with Gasteiger partial charge in [0, 0.05) is 55.9 Å². The molecule has 3 atom stereocenters. The fourth-order valence-electron chi connectivity index (χ4n) is 6.70. The third-order valence-electron chi connectivity index (χ3n) is 9.58. The Bertz CT molecular complexity index is 2140. The summed E-state index contributed by atoms with van der Waals surface area (Å²) in [6.07, 6.45) is 7.28. The zero-order valence-electron chi connectivity index (χ0n) is 29.2. The smallest absolute Gasteiger partial charge is 0.281 e. The molecule has 2 aliphatic rings. The molecule has 274 valence electrons. The molecule has 1 aliphatic heterocycles. The number of carbonyl (C=O) groups is 1. The number of hydrogen-bond acceptors (Lipinski definition) is 7. The zero-order valence-corrected chi connectivity index (χ0v) is 30.1. The highest BCUT2D eigenvalue weighted by Gasteiger charge is 2.41. The van der Waals surface area contributed by atoms with Gasteiger partial charge in [-0.3, -0.25) is 9.36 Å². The predicted octanol–water partition coefficient (Wildman–Crippen LogP) is 7.80. The maximum absolute atomic E-state index is 15.8. The predicted molar refractivity (Wildman–Crippen MR) is 191 cm³/mol. The van der Waals surface area contributed by atoms with E-state index in [1.807, 2.05) is 44.2 Å². The number of thioether (sulfide) groups is 1. The summed E-state index contributed by atoms with van der Waals surface area (Å²) in [5.74, 6) is -4.57. The Morgan fingerprint density at radius 1 is 1.13 bits per heavy atom. The van der Waals surface area contributed by atoms with Crippen LogP contribution in [0.4, 0.5) is 17.6 Å². The van der Waals surface area contributed by atoms with E-state index in [9.17, 15) is 4.79 Å². The third-order valence-corrected chi connectivity index (χ3v) is 10.8. The number of alkyl halides is 2. The Morgan fingerprint density at radius 2 is 1.94 bits per heavy atom. The summed E-state index contributed by atoms with van der Waals surface area (Å²) < 4.78 is 71.3. The van der Waals surface area contributed by atoms with Gasteiger partial charge >= 0.3 is 0 Å². The lowest BCUT2D eigenvalue weighted by Crippen LogP contribution is -2.32. The average molecular weight is 737 g/mol. The van der Waals surface area contributed by atoms with Gasteiger partial charge in [-0.2, -0.15) is 5.10 Å². The van der Waals surface area contributed by atoms with E-state index < -0.39 is 41.9 Å². The number of aryl methyl sites for hydroxylation is 1. The Labute approximate surface area is 302 Å². The highest BCUT2D eigenvalue weighted by molar-refractivity contribution is 8.03. The lowest BCUT2D eigenvalue weighted by molar-refractivity contribution is -0.110. The lowest BCUT2D eigenvalue weighted by Gasteiger charge is -2.30. The topological polar surface area (TPSA) is 111 Å². The molecule has 14 heteroatoms. The molecule has 0 radical (unpaired) electrons. The van der Waals surface area contributed by atoms with Gasteiger partial charge in [0.1, 0.15) is 23.8 Å². The van der Waals surface area contributed by atoms with Crippen LogP contribution in [0, 0.1) is 11.7 Å². The number of benzene rings is 2. The molecule has 52 heavy (non-hydrogen) atoms. The number of aromatic nitrogens is 6. The Morgan fingerprint density at radius 3 is 2.73 bits per heavy atom. The second kappa shape index (κ2) is 15.1. The van der Waals surface area contributed by atoms with E-state index in [1.165, 1.54) is 39.3 Å². The Hall–Kier alpha value is -4.69. The Balaban J connectivity index is 0.00000228. The van der Waals surface area contributed by atoms with Crippen molar-refractivity contribution in [3.63, 3.8) is 0 Å². The van der Waals surface area contributed by atoms with Crippen LogP contribution >= 0.6 is 11.8 Å². The fraction of sp³-hybridized carbons (Fsp3) is 0.368. The number of fused-ring (bicyclic) bond motifs is 10. The number of aliphatic hydroxyl groups is 1. The summed E-state index contributed by atoms with van der Waals surface area (Å²) in [6, 6.07) is 12.3. The molecule has 6 bridgehead atoms. The maximum atomic E-state index is 15.8. The van der Waals surface area contributed by atoms with Gasteiger partial charge in [0.15, 0.2) is 12.4 Å². The Kier molecular flexibility index (Phi) is 10.8. The maximum Gasteiger partial charge on any atom is 0.281 e.